The van der Waals surface area contributed by atoms with E-state index in [0.717, 1.165) is 26.1 Å². The van der Waals surface area contributed by atoms with Crippen LogP contribution in [-0.2, 0) is 4.79 Å². The van der Waals surface area contributed by atoms with Crippen molar-refractivity contribution < 1.29 is 4.79 Å². The molecule has 1 saturated heterocycles. The number of hydrogen-bond donors (Lipinski definition) is 1. The van der Waals surface area contributed by atoms with Crippen LogP contribution in [0, 0.1) is 0 Å². The third-order valence-corrected chi connectivity index (χ3v) is 4.68. The van der Waals surface area contributed by atoms with E-state index >= 15 is 0 Å². The van der Waals surface area contributed by atoms with Crippen LogP contribution in [0.3, 0.4) is 0 Å². The summed E-state index contributed by atoms with van der Waals surface area (Å²) in [7, 11) is 0. The minimum atomic E-state index is 0.0151. The molecular formula is C19H21ClN2O. The summed E-state index contributed by atoms with van der Waals surface area (Å²) in [6, 6.07) is 17.9. The van der Waals surface area contributed by atoms with Crippen molar-refractivity contribution in [1.29, 1.82) is 0 Å². The van der Waals surface area contributed by atoms with Gasteiger partial charge in [-0.15, -0.1) is 0 Å². The first kappa shape index (κ1) is 16.0. The largest absolute Gasteiger partial charge is 0.325 e. The van der Waals surface area contributed by atoms with Crippen LogP contribution in [0.2, 0.25) is 5.02 Å². The van der Waals surface area contributed by atoms with Gasteiger partial charge in [-0.25, -0.2) is 0 Å². The minimum absolute atomic E-state index is 0.0151. The summed E-state index contributed by atoms with van der Waals surface area (Å²) in [5.74, 6) is 0.601. The van der Waals surface area contributed by atoms with Gasteiger partial charge in [0.05, 0.1) is 10.7 Å². The Hall–Kier alpha value is -1.84. The summed E-state index contributed by atoms with van der Waals surface area (Å²) >= 11 is 6.06. The molecule has 0 aliphatic carbocycles. The standard InChI is InChI=1S/C19H21ClN2O/c20-17-8-4-5-9-18(17)21-19(23)11-13-22-12-10-16(14-22)15-6-2-1-3-7-15/h1-9,16H,10-14H2,(H,21,23)/t16-/m1/s1. The van der Waals surface area contributed by atoms with E-state index in [1.165, 1.54) is 5.56 Å². The monoisotopic (exact) mass is 328 g/mol. The second kappa shape index (κ2) is 7.62. The number of nitrogens with zero attached hydrogens (tertiary/aromatic N) is 1. The molecule has 1 N–H and O–H groups in total. The maximum Gasteiger partial charge on any atom is 0.225 e. The van der Waals surface area contributed by atoms with Gasteiger partial charge in [0.1, 0.15) is 0 Å². The average Bonchev–Trinajstić information content (AvgIpc) is 3.05. The van der Waals surface area contributed by atoms with Gasteiger partial charge in [0.25, 0.3) is 0 Å². The van der Waals surface area contributed by atoms with E-state index in [9.17, 15) is 4.79 Å². The highest BCUT2D eigenvalue weighted by Gasteiger charge is 2.23. The van der Waals surface area contributed by atoms with Crippen molar-refractivity contribution in [3.05, 3.63) is 65.2 Å². The Balaban J connectivity index is 1.46. The van der Waals surface area contributed by atoms with Crippen LogP contribution < -0.4 is 5.32 Å². The van der Waals surface area contributed by atoms with Crippen molar-refractivity contribution in [1.82, 2.24) is 4.90 Å². The van der Waals surface area contributed by atoms with Crippen LogP contribution in [0.4, 0.5) is 5.69 Å². The smallest absolute Gasteiger partial charge is 0.225 e. The number of carbonyl (C=O) groups is 1. The van der Waals surface area contributed by atoms with Crippen molar-refractivity contribution in [3.8, 4) is 0 Å². The van der Waals surface area contributed by atoms with Gasteiger partial charge in [0, 0.05) is 19.5 Å². The molecule has 3 nitrogen and oxygen atoms in total. The minimum Gasteiger partial charge on any atom is -0.325 e. The first-order valence-electron chi connectivity index (χ1n) is 8.04. The van der Waals surface area contributed by atoms with Gasteiger partial charge in [0.15, 0.2) is 0 Å². The molecule has 0 spiro atoms. The Morgan fingerprint density at radius 2 is 1.87 bits per heavy atom. The predicted molar refractivity (Wildman–Crippen MR) is 94.9 cm³/mol. The van der Waals surface area contributed by atoms with Crippen molar-refractivity contribution >= 4 is 23.2 Å². The topological polar surface area (TPSA) is 32.3 Å². The number of amides is 1. The molecule has 1 aliphatic heterocycles. The van der Waals surface area contributed by atoms with Crippen LogP contribution >= 0.6 is 11.6 Å². The SMILES string of the molecule is O=C(CCN1CC[C@@H](c2ccccc2)C1)Nc1ccccc1Cl. The lowest BCUT2D eigenvalue weighted by molar-refractivity contribution is -0.116. The first-order chi connectivity index (χ1) is 11.2. The lowest BCUT2D eigenvalue weighted by Gasteiger charge is -2.16. The van der Waals surface area contributed by atoms with Crippen molar-refractivity contribution in [2.24, 2.45) is 0 Å². The lowest BCUT2D eigenvalue weighted by atomic mass is 9.99. The second-order valence-corrected chi connectivity index (χ2v) is 6.38. The van der Waals surface area contributed by atoms with Crippen molar-refractivity contribution in [2.75, 3.05) is 25.0 Å². The number of likely N-dealkylation sites (tertiary alicyclic amines) is 1. The Morgan fingerprint density at radius 1 is 1.13 bits per heavy atom. The maximum atomic E-state index is 12.1. The van der Waals surface area contributed by atoms with Crippen LogP contribution in [0.1, 0.15) is 24.3 Å². The fourth-order valence-electron chi connectivity index (χ4n) is 3.07. The van der Waals surface area contributed by atoms with E-state index < -0.39 is 0 Å². The molecule has 23 heavy (non-hydrogen) atoms. The normalized spacial score (nSPS) is 18.0. The number of rotatable bonds is 5. The molecule has 0 unspecified atom stereocenters. The Kier molecular flexibility index (Phi) is 5.31. The number of halogens is 1. The number of benzene rings is 2. The predicted octanol–water partition coefficient (Wildman–Crippen LogP) is 4.16. The molecule has 4 heteroatoms. The van der Waals surface area contributed by atoms with Crippen molar-refractivity contribution in [3.63, 3.8) is 0 Å². The van der Waals surface area contributed by atoms with Gasteiger partial charge in [0.2, 0.25) is 5.91 Å². The Labute approximate surface area is 142 Å². The molecule has 1 heterocycles. The number of para-hydroxylation sites is 1. The first-order valence-corrected chi connectivity index (χ1v) is 8.42. The zero-order chi connectivity index (χ0) is 16.1. The third kappa shape index (κ3) is 4.34. The zero-order valence-corrected chi connectivity index (χ0v) is 13.8. The molecule has 0 saturated carbocycles. The molecule has 1 fully saturated rings. The van der Waals surface area contributed by atoms with Crippen LogP contribution in [0.15, 0.2) is 54.6 Å². The van der Waals surface area contributed by atoms with Crippen LogP contribution in [0.25, 0.3) is 0 Å². The molecule has 120 valence electrons. The van der Waals surface area contributed by atoms with Crippen LogP contribution in [0.5, 0.6) is 0 Å². The van der Waals surface area contributed by atoms with Gasteiger partial charge in [-0.1, -0.05) is 54.1 Å². The van der Waals surface area contributed by atoms with Gasteiger partial charge < -0.3 is 10.2 Å². The van der Waals surface area contributed by atoms with Crippen LogP contribution in [-0.4, -0.2) is 30.4 Å². The third-order valence-electron chi connectivity index (χ3n) is 4.35. The van der Waals surface area contributed by atoms with Gasteiger partial charge in [-0.3, -0.25) is 4.79 Å². The van der Waals surface area contributed by atoms with Gasteiger partial charge in [-0.05, 0) is 36.6 Å². The number of carbonyl (C=O) groups excluding carboxylic acids is 1. The van der Waals surface area contributed by atoms with E-state index in [1.807, 2.05) is 18.2 Å². The molecule has 1 amide bonds. The summed E-state index contributed by atoms with van der Waals surface area (Å²) in [4.78, 5) is 14.4. The number of hydrogen-bond acceptors (Lipinski definition) is 2. The summed E-state index contributed by atoms with van der Waals surface area (Å²) in [5.41, 5.74) is 2.08. The molecular weight excluding hydrogens is 308 g/mol. The highest BCUT2D eigenvalue weighted by Crippen LogP contribution is 2.27. The highest BCUT2D eigenvalue weighted by atomic mass is 35.5. The van der Waals surface area contributed by atoms with Crippen molar-refractivity contribution in [2.45, 2.75) is 18.8 Å². The fourth-order valence-corrected chi connectivity index (χ4v) is 3.25. The van der Waals surface area contributed by atoms with Gasteiger partial charge >= 0.3 is 0 Å². The average molecular weight is 329 g/mol. The van der Waals surface area contributed by atoms with E-state index in [2.05, 4.69) is 40.5 Å². The quantitative estimate of drug-likeness (QED) is 0.894. The Bertz CT molecular complexity index is 659. The summed E-state index contributed by atoms with van der Waals surface area (Å²) in [5, 5.41) is 3.45. The maximum absolute atomic E-state index is 12.1. The fraction of sp³-hybridized carbons (Fsp3) is 0.316. The molecule has 1 atom stereocenters. The van der Waals surface area contributed by atoms with E-state index in [0.29, 0.717) is 23.0 Å². The summed E-state index contributed by atoms with van der Waals surface area (Å²) < 4.78 is 0. The molecule has 0 radical (unpaired) electrons. The number of nitrogens with one attached hydrogen (secondary N) is 1. The van der Waals surface area contributed by atoms with E-state index in [4.69, 9.17) is 11.6 Å². The second-order valence-electron chi connectivity index (χ2n) is 5.97. The molecule has 2 aromatic carbocycles. The molecule has 3 rings (SSSR count). The summed E-state index contributed by atoms with van der Waals surface area (Å²) in [6.45, 7) is 2.88. The van der Waals surface area contributed by atoms with E-state index in [1.54, 1.807) is 6.07 Å². The summed E-state index contributed by atoms with van der Waals surface area (Å²) in [6.07, 6.45) is 1.66. The zero-order valence-electron chi connectivity index (χ0n) is 13.0. The Morgan fingerprint density at radius 3 is 2.65 bits per heavy atom. The van der Waals surface area contributed by atoms with E-state index in [-0.39, 0.29) is 5.91 Å². The molecule has 0 bridgehead atoms. The molecule has 0 aromatic heterocycles. The number of anilines is 1. The van der Waals surface area contributed by atoms with Gasteiger partial charge in [-0.2, -0.15) is 0 Å². The molecule has 2 aromatic rings. The molecule has 1 aliphatic rings. The highest BCUT2D eigenvalue weighted by molar-refractivity contribution is 6.33. The lowest BCUT2D eigenvalue weighted by Crippen LogP contribution is -2.25.